The Balaban J connectivity index is 2.07. The van der Waals surface area contributed by atoms with Crippen molar-refractivity contribution >= 4 is 5.78 Å². The molecule has 0 aliphatic heterocycles. The lowest BCUT2D eigenvalue weighted by Crippen LogP contribution is -1.98. The number of Topliss-reactive ketones (excluding diaryl/α,β-unsaturated/α-hetero) is 1. The Bertz CT molecular complexity index is 615. The van der Waals surface area contributed by atoms with Crippen LogP contribution < -0.4 is 4.74 Å². The van der Waals surface area contributed by atoms with Crippen LogP contribution in [0.5, 0.6) is 5.75 Å². The van der Waals surface area contributed by atoms with Crippen molar-refractivity contribution in [2.45, 2.75) is 26.7 Å². The minimum atomic E-state index is 0.127. The Hall–Kier alpha value is -2.09. The third-order valence-corrected chi connectivity index (χ3v) is 3.51. The van der Waals surface area contributed by atoms with E-state index >= 15 is 0 Å². The van der Waals surface area contributed by atoms with Gasteiger partial charge in [0.1, 0.15) is 5.75 Å². The molecule has 0 fully saturated rings. The quantitative estimate of drug-likeness (QED) is 0.766. The lowest BCUT2D eigenvalue weighted by atomic mass is 9.98. The maximum absolute atomic E-state index is 11.4. The third kappa shape index (κ3) is 3.47. The van der Waals surface area contributed by atoms with Gasteiger partial charge in [0.2, 0.25) is 0 Å². The zero-order valence-electron chi connectivity index (χ0n) is 12.3. The third-order valence-electron chi connectivity index (χ3n) is 3.51. The van der Waals surface area contributed by atoms with E-state index in [1.54, 1.807) is 14.0 Å². The molecular weight excluding hydrogens is 248 g/mol. The van der Waals surface area contributed by atoms with Gasteiger partial charge < -0.3 is 4.74 Å². The summed E-state index contributed by atoms with van der Waals surface area (Å²) in [5.41, 5.74) is 4.39. The van der Waals surface area contributed by atoms with Gasteiger partial charge in [-0.15, -0.1) is 0 Å². The van der Waals surface area contributed by atoms with Crippen LogP contribution in [-0.4, -0.2) is 12.9 Å². The van der Waals surface area contributed by atoms with Crippen LogP contribution in [0.3, 0.4) is 0 Å². The number of methoxy groups -OCH3 is 1. The molecule has 0 aliphatic carbocycles. The van der Waals surface area contributed by atoms with E-state index in [2.05, 4.69) is 18.2 Å². The zero-order chi connectivity index (χ0) is 14.5. The van der Waals surface area contributed by atoms with E-state index in [4.69, 9.17) is 4.74 Å². The Kier molecular flexibility index (Phi) is 4.57. The van der Waals surface area contributed by atoms with Crippen molar-refractivity contribution < 1.29 is 9.53 Å². The lowest BCUT2D eigenvalue weighted by molar-refractivity contribution is 0.101. The van der Waals surface area contributed by atoms with Crippen LogP contribution in [0, 0.1) is 6.92 Å². The molecule has 2 aromatic rings. The summed E-state index contributed by atoms with van der Waals surface area (Å²) in [7, 11) is 1.68. The number of benzene rings is 2. The summed E-state index contributed by atoms with van der Waals surface area (Å²) in [6.07, 6.45) is 1.93. The molecule has 20 heavy (non-hydrogen) atoms. The summed E-state index contributed by atoms with van der Waals surface area (Å²) in [4.78, 5) is 11.4. The van der Waals surface area contributed by atoms with E-state index in [0.717, 1.165) is 29.7 Å². The van der Waals surface area contributed by atoms with E-state index in [1.165, 1.54) is 11.1 Å². The van der Waals surface area contributed by atoms with Gasteiger partial charge in [0.15, 0.2) is 5.78 Å². The second kappa shape index (κ2) is 6.38. The van der Waals surface area contributed by atoms with E-state index < -0.39 is 0 Å². The molecule has 0 N–H and O–H groups in total. The summed E-state index contributed by atoms with van der Waals surface area (Å²) < 4.78 is 5.23. The summed E-state index contributed by atoms with van der Waals surface area (Å²) in [5, 5.41) is 0. The van der Waals surface area contributed by atoms with Crippen LogP contribution >= 0.6 is 0 Å². The minimum absolute atomic E-state index is 0.127. The molecule has 0 radical (unpaired) electrons. The number of hydrogen-bond donors (Lipinski definition) is 0. The minimum Gasteiger partial charge on any atom is -0.497 e. The molecule has 0 spiro atoms. The van der Waals surface area contributed by atoms with Crippen molar-refractivity contribution in [3.63, 3.8) is 0 Å². The molecule has 104 valence electrons. The maximum Gasteiger partial charge on any atom is 0.160 e. The summed E-state index contributed by atoms with van der Waals surface area (Å²) in [5.74, 6) is 1.02. The van der Waals surface area contributed by atoms with Crippen LogP contribution in [-0.2, 0) is 12.8 Å². The molecule has 0 aliphatic rings. The van der Waals surface area contributed by atoms with Crippen molar-refractivity contribution in [3.05, 3.63) is 64.7 Å². The van der Waals surface area contributed by atoms with Gasteiger partial charge in [-0.25, -0.2) is 0 Å². The van der Waals surface area contributed by atoms with Crippen LogP contribution in [0.4, 0.5) is 0 Å². The normalized spacial score (nSPS) is 10.3. The molecule has 0 heterocycles. The molecule has 2 heteroatoms. The molecule has 0 saturated carbocycles. The largest absolute Gasteiger partial charge is 0.497 e. The summed E-state index contributed by atoms with van der Waals surface area (Å²) in [6, 6.07) is 14.2. The molecule has 0 unspecified atom stereocenters. The smallest absolute Gasteiger partial charge is 0.160 e. The Morgan fingerprint density at radius 2 is 1.75 bits per heavy atom. The van der Waals surface area contributed by atoms with Crippen LogP contribution in [0.2, 0.25) is 0 Å². The Morgan fingerprint density at radius 3 is 2.35 bits per heavy atom. The highest BCUT2D eigenvalue weighted by molar-refractivity contribution is 5.95. The maximum atomic E-state index is 11.4. The number of aryl methyl sites for hydroxylation is 3. The number of carbonyl (C=O) groups is 1. The fourth-order valence-corrected chi connectivity index (χ4v) is 2.39. The van der Waals surface area contributed by atoms with Gasteiger partial charge in [0.25, 0.3) is 0 Å². The number of rotatable bonds is 5. The van der Waals surface area contributed by atoms with Crippen molar-refractivity contribution in [3.8, 4) is 5.75 Å². The monoisotopic (exact) mass is 268 g/mol. The van der Waals surface area contributed by atoms with Crippen molar-refractivity contribution in [1.82, 2.24) is 0 Å². The molecule has 2 nitrogen and oxygen atoms in total. The first-order chi connectivity index (χ1) is 9.60. The second-order valence-electron chi connectivity index (χ2n) is 5.06. The predicted octanol–water partition coefficient (Wildman–Crippen LogP) is 3.99. The zero-order valence-corrected chi connectivity index (χ0v) is 12.3. The molecule has 0 atom stereocenters. The average molecular weight is 268 g/mol. The average Bonchev–Trinajstić information content (AvgIpc) is 2.45. The first-order valence-electron chi connectivity index (χ1n) is 6.83. The van der Waals surface area contributed by atoms with Gasteiger partial charge >= 0.3 is 0 Å². The first-order valence-corrected chi connectivity index (χ1v) is 6.83. The molecule has 0 saturated heterocycles. The number of ether oxygens (including phenoxy) is 1. The van der Waals surface area contributed by atoms with Crippen LogP contribution in [0.15, 0.2) is 42.5 Å². The van der Waals surface area contributed by atoms with Gasteiger partial charge in [-0.05, 0) is 55.5 Å². The second-order valence-corrected chi connectivity index (χ2v) is 5.06. The fourth-order valence-electron chi connectivity index (χ4n) is 2.39. The lowest BCUT2D eigenvalue weighted by Gasteiger charge is -2.07. The summed E-state index contributed by atoms with van der Waals surface area (Å²) in [6.45, 7) is 3.60. The van der Waals surface area contributed by atoms with E-state index in [0.29, 0.717) is 0 Å². The van der Waals surface area contributed by atoms with Gasteiger partial charge in [-0.1, -0.05) is 30.3 Å². The fraction of sp³-hybridized carbons (Fsp3) is 0.278. The van der Waals surface area contributed by atoms with E-state index in [1.807, 2.05) is 31.2 Å². The van der Waals surface area contributed by atoms with Gasteiger partial charge in [0.05, 0.1) is 7.11 Å². The van der Waals surface area contributed by atoms with Crippen molar-refractivity contribution in [2.24, 2.45) is 0 Å². The predicted molar refractivity (Wildman–Crippen MR) is 81.6 cm³/mol. The molecular formula is C18H20O2. The number of ketones is 1. The Labute approximate surface area is 120 Å². The van der Waals surface area contributed by atoms with Gasteiger partial charge in [-0.3, -0.25) is 4.79 Å². The highest BCUT2D eigenvalue weighted by Crippen LogP contribution is 2.17. The molecule has 2 aromatic carbocycles. The van der Waals surface area contributed by atoms with Gasteiger partial charge in [-0.2, -0.15) is 0 Å². The SMILES string of the molecule is COc1cccc(CCc2ccc(C(C)=O)c(C)c2)c1. The molecule has 0 aromatic heterocycles. The standard InChI is InChI=1S/C18H20O2/c1-13-11-16(9-10-18(13)14(2)19)8-7-15-5-4-6-17(12-15)20-3/h4-6,9-12H,7-8H2,1-3H3. The number of carbonyl (C=O) groups excluding carboxylic acids is 1. The van der Waals surface area contributed by atoms with Crippen LogP contribution in [0.25, 0.3) is 0 Å². The molecule has 0 amide bonds. The van der Waals surface area contributed by atoms with Crippen LogP contribution in [0.1, 0.15) is 34.0 Å². The van der Waals surface area contributed by atoms with Crippen molar-refractivity contribution in [2.75, 3.05) is 7.11 Å². The highest BCUT2D eigenvalue weighted by atomic mass is 16.5. The summed E-state index contributed by atoms with van der Waals surface area (Å²) >= 11 is 0. The van der Waals surface area contributed by atoms with Crippen molar-refractivity contribution in [1.29, 1.82) is 0 Å². The van der Waals surface area contributed by atoms with Gasteiger partial charge in [0, 0.05) is 5.56 Å². The van der Waals surface area contributed by atoms with E-state index in [-0.39, 0.29) is 5.78 Å². The molecule has 0 bridgehead atoms. The first kappa shape index (κ1) is 14.3. The highest BCUT2D eigenvalue weighted by Gasteiger charge is 2.05. The molecule has 2 rings (SSSR count). The number of hydrogen-bond acceptors (Lipinski definition) is 2. The van der Waals surface area contributed by atoms with E-state index in [9.17, 15) is 4.79 Å². The topological polar surface area (TPSA) is 26.3 Å². The Morgan fingerprint density at radius 1 is 1.05 bits per heavy atom.